The Morgan fingerprint density at radius 3 is 1.46 bits per heavy atom. The van der Waals surface area contributed by atoms with E-state index in [0.29, 0.717) is 12.8 Å². The number of aliphatic hydroxyl groups excluding tert-OH is 1. The fourth-order valence-electron chi connectivity index (χ4n) is 4.69. The van der Waals surface area contributed by atoms with Crippen molar-refractivity contribution in [1.29, 1.82) is 0 Å². The van der Waals surface area contributed by atoms with Gasteiger partial charge in [0, 0.05) is 12.8 Å². The van der Waals surface area contributed by atoms with Gasteiger partial charge in [0.15, 0.2) is 6.10 Å². The van der Waals surface area contributed by atoms with Gasteiger partial charge >= 0.3 is 11.9 Å². The topological polar surface area (TPSA) is 72.8 Å². The highest BCUT2D eigenvalue weighted by atomic mass is 16.6. The Kier molecular flexibility index (Phi) is 34.7. The van der Waals surface area contributed by atoms with Crippen LogP contribution in [0.25, 0.3) is 0 Å². The first-order chi connectivity index (χ1) is 22.6. The predicted octanol–water partition coefficient (Wildman–Crippen LogP) is 11.4. The van der Waals surface area contributed by atoms with Crippen LogP contribution in [-0.2, 0) is 19.1 Å². The van der Waals surface area contributed by atoms with Crippen molar-refractivity contribution in [3.8, 4) is 0 Å². The minimum absolute atomic E-state index is 0.0900. The number of rotatable bonds is 32. The van der Waals surface area contributed by atoms with Crippen LogP contribution in [-0.4, -0.2) is 36.4 Å². The van der Waals surface area contributed by atoms with Gasteiger partial charge in [0.05, 0.1) is 6.61 Å². The minimum atomic E-state index is -0.791. The summed E-state index contributed by atoms with van der Waals surface area (Å²) >= 11 is 0. The lowest BCUT2D eigenvalue weighted by atomic mass is 10.1. The molecule has 0 fully saturated rings. The number of hydrogen-bond donors (Lipinski definition) is 1. The lowest BCUT2D eigenvalue weighted by Gasteiger charge is -2.15. The first kappa shape index (κ1) is 43.3. The molecule has 1 atom stereocenters. The van der Waals surface area contributed by atoms with E-state index in [-0.39, 0.29) is 25.2 Å². The third kappa shape index (κ3) is 34.2. The van der Waals surface area contributed by atoms with Gasteiger partial charge in [-0.15, -0.1) is 0 Å². The highest BCUT2D eigenvalue weighted by Gasteiger charge is 2.16. The highest BCUT2D eigenvalue weighted by molar-refractivity contribution is 5.70. The van der Waals surface area contributed by atoms with E-state index in [1.54, 1.807) is 0 Å². The Labute approximate surface area is 283 Å². The third-order valence-corrected chi connectivity index (χ3v) is 7.48. The molecule has 0 spiro atoms. The van der Waals surface area contributed by atoms with Gasteiger partial charge in [0.2, 0.25) is 0 Å². The Morgan fingerprint density at radius 1 is 0.522 bits per heavy atom. The van der Waals surface area contributed by atoms with E-state index in [4.69, 9.17) is 9.47 Å². The molecule has 0 saturated heterocycles. The van der Waals surface area contributed by atoms with Crippen LogP contribution in [0.4, 0.5) is 0 Å². The van der Waals surface area contributed by atoms with Crippen LogP contribution in [0.5, 0.6) is 0 Å². The van der Waals surface area contributed by atoms with Crippen molar-refractivity contribution in [2.75, 3.05) is 13.2 Å². The van der Waals surface area contributed by atoms with Gasteiger partial charge in [-0.05, 0) is 83.5 Å². The van der Waals surface area contributed by atoms with Gasteiger partial charge in [-0.3, -0.25) is 9.59 Å². The predicted molar refractivity (Wildman–Crippen MR) is 196 cm³/mol. The van der Waals surface area contributed by atoms with Crippen molar-refractivity contribution < 1.29 is 24.2 Å². The Balaban J connectivity index is 3.69. The molecule has 0 heterocycles. The molecule has 0 aliphatic carbocycles. The molecule has 0 aromatic rings. The molecule has 1 unspecified atom stereocenters. The molecule has 0 bridgehead atoms. The van der Waals surface area contributed by atoms with Crippen LogP contribution in [0.1, 0.15) is 155 Å². The second-order valence-electron chi connectivity index (χ2n) is 11.9. The summed E-state index contributed by atoms with van der Waals surface area (Å²) in [5.74, 6) is -0.646. The number of carbonyl (C=O) groups is 2. The lowest BCUT2D eigenvalue weighted by molar-refractivity contribution is -0.161. The maximum Gasteiger partial charge on any atom is 0.306 e. The fourth-order valence-corrected chi connectivity index (χ4v) is 4.69. The van der Waals surface area contributed by atoms with Crippen molar-refractivity contribution in [3.05, 3.63) is 72.9 Å². The molecular weight excluding hydrogens is 572 g/mol. The minimum Gasteiger partial charge on any atom is -0.462 e. The molecule has 0 amide bonds. The van der Waals surface area contributed by atoms with Crippen LogP contribution in [0.2, 0.25) is 0 Å². The smallest absolute Gasteiger partial charge is 0.306 e. The van der Waals surface area contributed by atoms with Gasteiger partial charge in [0.25, 0.3) is 0 Å². The molecule has 46 heavy (non-hydrogen) atoms. The Hall–Kier alpha value is -2.66. The van der Waals surface area contributed by atoms with Crippen molar-refractivity contribution in [2.45, 2.75) is 161 Å². The van der Waals surface area contributed by atoms with E-state index in [1.165, 1.54) is 44.9 Å². The summed E-state index contributed by atoms with van der Waals surface area (Å²) in [6.07, 6.45) is 48.1. The number of carbonyl (C=O) groups excluding carboxylic acids is 2. The SMILES string of the molecule is CCC=CCC=CCC=CCC=CCC=CCCCCCC(=O)OCC(CO)OC(=O)CCCCCCCC=CCCCCCC. The molecule has 0 aliphatic rings. The maximum absolute atomic E-state index is 12.1. The first-order valence-electron chi connectivity index (χ1n) is 18.5. The number of hydrogen-bond acceptors (Lipinski definition) is 5. The van der Waals surface area contributed by atoms with Gasteiger partial charge in [0.1, 0.15) is 6.61 Å². The number of ether oxygens (including phenoxy) is 2. The van der Waals surface area contributed by atoms with Gasteiger partial charge < -0.3 is 14.6 Å². The summed E-state index contributed by atoms with van der Waals surface area (Å²) in [4.78, 5) is 24.2. The molecular formula is C41H68O5. The summed E-state index contributed by atoms with van der Waals surface area (Å²) in [5.41, 5.74) is 0. The Bertz CT molecular complexity index is 864. The van der Waals surface area contributed by atoms with E-state index >= 15 is 0 Å². The molecule has 5 heteroatoms. The number of aliphatic hydroxyl groups is 1. The molecule has 0 rings (SSSR count). The first-order valence-corrected chi connectivity index (χ1v) is 18.5. The number of unbranched alkanes of at least 4 members (excludes halogenated alkanes) is 12. The quantitative estimate of drug-likeness (QED) is 0.0450. The highest BCUT2D eigenvalue weighted by Crippen LogP contribution is 2.11. The van der Waals surface area contributed by atoms with Crippen molar-refractivity contribution in [1.82, 2.24) is 0 Å². The summed E-state index contributed by atoms with van der Waals surface area (Å²) in [6, 6.07) is 0. The standard InChI is InChI=1S/C41H68O5/c1-3-5-7-9-11-13-15-17-18-19-20-21-22-24-25-27-29-31-33-35-40(43)45-38-39(37-42)46-41(44)36-34-32-30-28-26-23-16-14-12-10-8-6-4-2/h5,7,11,13-14,16-18,20-21,24-25,39,42H,3-4,6,8-10,12,15,19,22-23,26-38H2,1-2H3. The fraction of sp³-hybridized carbons (Fsp3) is 0.659. The molecule has 0 saturated carbocycles. The van der Waals surface area contributed by atoms with Crippen molar-refractivity contribution in [3.63, 3.8) is 0 Å². The molecule has 1 N–H and O–H groups in total. The second-order valence-corrected chi connectivity index (χ2v) is 11.9. The van der Waals surface area contributed by atoms with E-state index in [0.717, 1.165) is 83.5 Å². The zero-order valence-corrected chi connectivity index (χ0v) is 29.6. The zero-order chi connectivity index (χ0) is 33.6. The molecule has 0 aliphatic heterocycles. The number of esters is 2. The monoisotopic (exact) mass is 641 g/mol. The van der Waals surface area contributed by atoms with Crippen molar-refractivity contribution >= 4 is 11.9 Å². The number of allylic oxidation sites excluding steroid dienone is 12. The zero-order valence-electron chi connectivity index (χ0n) is 29.6. The van der Waals surface area contributed by atoms with Crippen LogP contribution in [0, 0.1) is 0 Å². The molecule has 5 nitrogen and oxygen atoms in total. The normalized spacial score (nSPS) is 13.0. The van der Waals surface area contributed by atoms with Crippen LogP contribution < -0.4 is 0 Å². The Morgan fingerprint density at radius 2 is 0.935 bits per heavy atom. The van der Waals surface area contributed by atoms with E-state index in [2.05, 4.69) is 86.8 Å². The van der Waals surface area contributed by atoms with Gasteiger partial charge in [-0.25, -0.2) is 0 Å². The van der Waals surface area contributed by atoms with Crippen LogP contribution in [0.3, 0.4) is 0 Å². The van der Waals surface area contributed by atoms with E-state index in [9.17, 15) is 14.7 Å². The van der Waals surface area contributed by atoms with E-state index < -0.39 is 6.10 Å². The van der Waals surface area contributed by atoms with Gasteiger partial charge in [-0.2, -0.15) is 0 Å². The maximum atomic E-state index is 12.1. The average Bonchev–Trinajstić information content (AvgIpc) is 3.06. The summed E-state index contributed by atoms with van der Waals surface area (Å²) in [6.45, 7) is 3.95. The lowest BCUT2D eigenvalue weighted by Crippen LogP contribution is -2.28. The third-order valence-electron chi connectivity index (χ3n) is 7.48. The molecule has 0 radical (unpaired) electrons. The molecule has 262 valence electrons. The average molecular weight is 641 g/mol. The summed E-state index contributed by atoms with van der Waals surface area (Å²) in [5, 5.41) is 9.53. The molecule has 0 aromatic carbocycles. The van der Waals surface area contributed by atoms with E-state index in [1.807, 2.05) is 0 Å². The molecule has 0 aromatic heterocycles. The van der Waals surface area contributed by atoms with Crippen LogP contribution in [0.15, 0.2) is 72.9 Å². The van der Waals surface area contributed by atoms with Gasteiger partial charge in [-0.1, -0.05) is 132 Å². The largest absolute Gasteiger partial charge is 0.462 e. The van der Waals surface area contributed by atoms with Crippen molar-refractivity contribution in [2.24, 2.45) is 0 Å². The van der Waals surface area contributed by atoms with Crippen LogP contribution >= 0.6 is 0 Å². The summed E-state index contributed by atoms with van der Waals surface area (Å²) < 4.78 is 10.5. The summed E-state index contributed by atoms with van der Waals surface area (Å²) in [7, 11) is 0. The second kappa shape index (κ2) is 36.8.